The third-order valence-corrected chi connectivity index (χ3v) is 7.77. The number of anilines is 3. The molecule has 9 heteroatoms. The van der Waals surface area contributed by atoms with Gasteiger partial charge in [-0.15, -0.1) is 0 Å². The number of fused-ring (bicyclic) bond motifs is 1. The molecule has 4 rings (SSSR count). The van der Waals surface area contributed by atoms with Crippen molar-refractivity contribution in [3.8, 4) is 0 Å². The smallest absolute Gasteiger partial charge is 0.262 e. The summed E-state index contributed by atoms with van der Waals surface area (Å²) in [4.78, 5) is 15.4. The zero-order chi connectivity index (χ0) is 25.9. The van der Waals surface area contributed by atoms with E-state index in [2.05, 4.69) is 10.0 Å². The van der Waals surface area contributed by atoms with Gasteiger partial charge in [-0.25, -0.2) is 8.42 Å². The lowest BCUT2D eigenvalue weighted by Crippen LogP contribution is -2.25. The van der Waals surface area contributed by atoms with Crippen LogP contribution < -0.4 is 14.9 Å². The van der Waals surface area contributed by atoms with Gasteiger partial charge in [0.15, 0.2) is 0 Å². The molecular formula is C27H25Cl2N3O3S. The van der Waals surface area contributed by atoms with Crippen molar-refractivity contribution in [1.82, 2.24) is 0 Å². The second-order valence-electron chi connectivity index (χ2n) is 8.06. The maximum absolute atomic E-state index is 13.4. The predicted molar refractivity (Wildman–Crippen MR) is 149 cm³/mol. The van der Waals surface area contributed by atoms with Crippen LogP contribution in [0.2, 0.25) is 10.0 Å². The highest BCUT2D eigenvalue weighted by molar-refractivity contribution is 7.92. The highest BCUT2D eigenvalue weighted by Gasteiger charge is 2.21. The largest absolute Gasteiger partial charge is 0.370 e. The number of amides is 1. The Morgan fingerprint density at radius 1 is 0.861 bits per heavy atom. The van der Waals surface area contributed by atoms with Gasteiger partial charge >= 0.3 is 0 Å². The fraction of sp³-hybridized carbons (Fsp3) is 0.148. The lowest BCUT2D eigenvalue weighted by atomic mass is 10.0. The average Bonchev–Trinajstić information content (AvgIpc) is 2.87. The molecular weight excluding hydrogens is 517 g/mol. The summed E-state index contributed by atoms with van der Waals surface area (Å²) in [5, 5.41) is 5.25. The lowest BCUT2D eigenvalue weighted by Gasteiger charge is -2.25. The van der Waals surface area contributed by atoms with Gasteiger partial charge in [-0.2, -0.15) is 0 Å². The first-order valence-corrected chi connectivity index (χ1v) is 13.6. The first kappa shape index (κ1) is 25.8. The van der Waals surface area contributed by atoms with Gasteiger partial charge in [-0.05, 0) is 67.1 Å². The zero-order valence-electron chi connectivity index (χ0n) is 19.8. The molecule has 0 aliphatic carbocycles. The molecule has 0 saturated heterocycles. The van der Waals surface area contributed by atoms with Crippen molar-refractivity contribution in [3.63, 3.8) is 0 Å². The number of carbonyl (C=O) groups excluding carboxylic acids is 1. The Morgan fingerprint density at radius 2 is 1.58 bits per heavy atom. The first-order chi connectivity index (χ1) is 17.2. The minimum absolute atomic E-state index is 0.0253. The molecule has 36 heavy (non-hydrogen) atoms. The minimum atomic E-state index is -4.03. The third-order valence-electron chi connectivity index (χ3n) is 5.84. The van der Waals surface area contributed by atoms with Crippen molar-refractivity contribution in [2.75, 3.05) is 28.0 Å². The summed E-state index contributed by atoms with van der Waals surface area (Å²) >= 11 is 12.2. The molecule has 0 radical (unpaired) electrons. The van der Waals surface area contributed by atoms with E-state index < -0.39 is 10.0 Å². The Kier molecular flexibility index (Phi) is 7.73. The number of nitrogens with one attached hydrogen (secondary N) is 2. The van der Waals surface area contributed by atoms with Crippen molar-refractivity contribution in [3.05, 3.63) is 94.5 Å². The second kappa shape index (κ2) is 10.8. The Morgan fingerprint density at radius 3 is 2.33 bits per heavy atom. The van der Waals surface area contributed by atoms with Gasteiger partial charge in [0.05, 0.1) is 27.0 Å². The number of rotatable bonds is 8. The summed E-state index contributed by atoms with van der Waals surface area (Å²) in [7, 11) is -4.03. The van der Waals surface area contributed by atoms with Crippen LogP contribution in [0.15, 0.2) is 83.8 Å². The van der Waals surface area contributed by atoms with Crippen molar-refractivity contribution in [1.29, 1.82) is 0 Å². The van der Waals surface area contributed by atoms with Crippen molar-refractivity contribution < 1.29 is 13.2 Å². The summed E-state index contributed by atoms with van der Waals surface area (Å²) in [6.07, 6.45) is 0. The van der Waals surface area contributed by atoms with Gasteiger partial charge in [-0.3, -0.25) is 9.52 Å². The molecule has 0 aliphatic heterocycles. The number of halogens is 2. The Hall–Kier alpha value is -3.26. The van der Waals surface area contributed by atoms with E-state index in [1.165, 1.54) is 24.3 Å². The summed E-state index contributed by atoms with van der Waals surface area (Å²) < 4.78 is 28.9. The lowest BCUT2D eigenvalue weighted by molar-refractivity contribution is 0.102. The van der Waals surface area contributed by atoms with Crippen LogP contribution in [0.25, 0.3) is 10.8 Å². The second-order valence-corrected chi connectivity index (χ2v) is 10.6. The summed E-state index contributed by atoms with van der Waals surface area (Å²) in [5.74, 6) is -0.333. The van der Waals surface area contributed by atoms with Gasteiger partial charge in [-0.1, -0.05) is 59.6 Å². The summed E-state index contributed by atoms with van der Waals surface area (Å²) in [5.41, 5.74) is 1.76. The number of hydrogen-bond acceptors (Lipinski definition) is 4. The van der Waals surface area contributed by atoms with Crippen LogP contribution in [-0.4, -0.2) is 27.4 Å². The molecule has 0 saturated carbocycles. The minimum Gasteiger partial charge on any atom is -0.370 e. The van der Waals surface area contributed by atoms with Gasteiger partial charge in [0.1, 0.15) is 0 Å². The maximum Gasteiger partial charge on any atom is 0.262 e. The van der Waals surface area contributed by atoms with Gasteiger partial charge < -0.3 is 10.2 Å². The fourth-order valence-electron chi connectivity index (χ4n) is 4.01. The molecule has 0 bridgehead atoms. The molecule has 4 aromatic rings. The molecule has 0 unspecified atom stereocenters. The van der Waals surface area contributed by atoms with E-state index in [0.717, 1.165) is 10.8 Å². The number of carbonyl (C=O) groups is 1. The van der Waals surface area contributed by atoms with Crippen LogP contribution in [-0.2, 0) is 10.0 Å². The highest BCUT2D eigenvalue weighted by Crippen LogP contribution is 2.32. The van der Waals surface area contributed by atoms with E-state index in [1.807, 2.05) is 55.1 Å². The first-order valence-electron chi connectivity index (χ1n) is 11.4. The molecule has 4 aromatic carbocycles. The van der Waals surface area contributed by atoms with Gasteiger partial charge in [0.25, 0.3) is 15.9 Å². The topological polar surface area (TPSA) is 78.5 Å². The molecule has 6 nitrogen and oxygen atoms in total. The molecule has 0 atom stereocenters. The SMILES string of the molecule is CCN(CC)c1ccc(S(=O)(=O)Nc2cc(Cl)ccc2Cl)cc1NC(=O)c1cccc2ccccc12. The third kappa shape index (κ3) is 5.43. The Balaban J connectivity index is 1.75. The number of sulfonamides is 1. The van der Waals surface area contributed by atoms with E-state index in [1.54, 1.807) is 18.2 Å². The van der Waals surface area contributed by atoms with Crippen LogP contribution >= 0.6 is 23.2 Å². The predicted octanol–water partition coefficient (Wildman–Crippen LogP) is 7.05. The van der Waals surface area contributed by atoms with E-state index >= 15 is 0 Å². The molecule has 186 valence electrons. The van der Waals surface area contributed by atoms with Crippen LogP contribution in [0.1, 0.15) is 24.2 Å². The van der Waals surface area contributed by atoms with Gasteiger partial charge in [0.2, 0.25) is 0 Å². The fourth-order valence-corrected chi connectivity index (χ4v) is 5.50. The summed E-state index contributed by atoms with van der Waals surface area (Å²) in [6, 6.07) is 22.3. The van der Waals surface area contributed by atoms with Crippen molar-refractivity contribution in [2.24, 2.45) is 0 Å². The van der Waals surface area contributed by atoms with Crippen LogP contribution in [0.3, 0.4) is 0 Å². The van der Waals surface area contributed by atoms with Crippen LogP contribution in [0.5, 0.6) is 0 Å². The van der Waals surface area contributed by atoms with Gasteiger partial charge in [0, 0.05) is 23.7 Å². The zero-order valence-corrected chi connectivity index (χ0v) is 22.1. The molecule has 0 spiro atoms. The van der Waals surface area contributed by atoms with E-state index in [9.17, 15) is 13.2 Å². The molecule has 1 amide bonds. The summed E-state index contributed by atoms with van der Waals surface area (Å²) in [6.45, 7) is 5.34. The van der Waals surface area contributed by atoms with E-state index in [4.69, 9.17) is 23.2 Å². The molecule has 0 heterocycles. The Labute approximate surface area is 220 Å². The quantitative estimate of drug-likeness (QED) is 0.250. The maximum atomic E-state index is 13.4. The van der Waals surface area contributed by atoms with E-state index in [0.29, 0.717) is 35.1 Å². The molecule has 2 N–H and O–H groups in total. The van der Waals surface area contributed by atoms with E-state index in [-0.39, 0.29) is 21.5 Å². The van der Waals surface area contributed by atoms with Crippen molar-refractivity contribution >= 4 is 67.0 Å². The normalized spacial score (nSPS) is 11.3. The Bertz CT molecular complexity index is 1530. The monoisotopic (exact) mass is 541 g/mol. The molecule has 0 fully saturated rings. The van der Waals surface area contributed by atoms with Crippen molar-refractivity contribution in [2.45, 2.75) is 18.7 Å². The number of hydrogen-bond donors (Lipinski definition) is 2. The number of benzene rings is 4. The van der Waals surface area contributed by atoms with Crippen LogP contribution in [0, 0.1) is 0 Å². The standard InChI is InChI=1S/C27H25Cl2N3O3S/c1-3-32(4-2)26-15-13-20(36(34,35)31-24-16-19(28)12-14-23(24)29)17-25(26)30-27(33)22-11-7-9-18-8-5-6-10-21(18)22/h5-17,31H,3-4H2,1-2H3,(H,30,33). The average molecular weight is 542 g/mol. The molecule has 0 aromatic heterocycles. The molecule has 0 aliphatic rings. The van der Waals surface area contributed by atoms with Crippen LogP contribution in [0.4, 0.5) is 17.1 Å². The highest BCUT2D eigenvalue weighted by atomic mass is 35.5. The number of nitrogens with zero attached hydrogens (tertiary/aromatic N) is 1.